The van der Waals surface area contributed by atoms with Crippen LogP contribution < -0.4 is 9.47 Å². The van der Waals surface area contributed by atoms with Crippen LogP contribution in [0, 0.1) is 0 Å². The fraction of sp³-hybridized carbons (Fsp3) is 0.417. The van der Waals surface area contributed by atoms with E-state index in [9.17, 15) is 0 Å². The van der Waals surface area contributed by atoms with Crippen molar-refractivity contribution in [2.45, 2.75) is 25.5 Å². The number of ether oxygens (including phenoxy) is 2. The van der Waals surface area contributed by atoms with Crippen molar-refractivity contribution in [1.29, 1.82) is 0 Å². The Balaban J connectivity index is 1.64. The van der Waals surface area contributed by atoms with Gasteiger partial charge in [0, 0.05) is 0 Å². The van der Waals surface area contributed by atoms with Crippen molar-refractivity contribution in [3.63, 3.8) is 0 Å². The maximum Gasteiger partial charge on any atom is 0.189 e. The number of rotatable bonds is 5. The minimum absolute atomic E-state index is 0.385. The molecular weight excluding hydrogens is 232 g/mol. The van der Waals surface area contributed by atoms with Crippen LogP contribution in [-0.4, -0.2) is 27.3 Å². The van der Waals surface area contributed by atoms with Crippen LogP contribution in [0.5, 0.6) is 11.5 Å². The summed E-state index contributed by atoms with van der Waals surface area (Å²) in [6, 6.07) is 7.92. The summed E-state index contributed by atoms with van der Waals surface area (Å²) in [5, 5.41) is 11.6. The van der Waals surface area contributed by atoms with E-state index in [-0.39, 0.29) is 0 Å². The van der Waals surface area contributed by atoms with Gasteiger partial charge in [-0.3, -0.25) is 0 Å². The van der Waals surface area contributed by atoms with E-state index in [1.807, 2.05) is 28.9 Å². The smallest absolute Gasteiger partial charge is 0.189 e. The van der Waals surface area contributed by atoms with Gasteiger partial charge in [0.1, 0.15) is 18.1 Å². The Morgan fingerprint density at radius 3 is 2.61 bits per heavy atom. The lowest BCUT2D eigenvalue weighted by atomic mass is 10.3. The van der Waals surface area contributed by atoms with E-state index in [1.54, 1.807) is 7.11 Å². The molecule has 1 aromatic carbocycles. The maximum absolute atomic E-state index is 5.65. The number of tetrazole rings is 1. The maximum atomic E-state index is 5.65. The lowest BCUT2D eigenvalue weighted by Gasteiger charge is -2.06. The van der Waals surface area contributed by atoms with E-state index >= 15 is 0 Å². The summed E-state index contributed by atoms with van der Waals surface area (Å²) in [7, 11) is 1.64. The van der Waals surface area contributed by atoms with Gasteiger partial charge in [-0.25, -0.2) is 4.68 Å². The highest BCUT2D eigenvalue weighted by Crippen LogP contribution is 2.34. The van der Waals surface area contributed by atoms with Crippen LogP contribution in [0.3, 0.4) is 0 Å². The van der Waals surface area contributed by atoms with Crippen LogP contribution in [0.4, 0.5) is 0 Å². The van der Waals surface area contributed by atoms with Crippen LogP contribution in [0.15, 0.2) is 24.3 Å². The lowest BCUT2D eigenvalue weighted by molar-refractivity contribution is 0.286. The Morgan fingerprint density at radius 1 is 1.22 bits per heavy atom. The van der Waals surface area contributed by atoms with Crippen molar-refractivity contribution in [3.8, 4) is 11.5 Å². The molecule has 1 fully saturated rings. The summed E-state index contributed by atoms with van der Waals surface area (Å²) in [5.41, 5.74) is 0. The number of hydrogen-bond donors (Lipinski definition) is 0. The van der Waals surface area contributed by atoms with Crippen LogP contribution >= 0.6 is 0 Å². The van der Waals surface area contributed by atoms with Crippen molar-refractivity contribution < 1.29 is 9.47 Å². The van der Waals surface area contributed by atoms with Gasteiger partial charge in [0.25, 0.3) is 0 Å². The molecule has 6 nitrogen and oxygen atoms in total. The first kappa shape index (κ1) is 11.0. The van der Waals surface area contributed by atoms with Gasteiger partial charge in [-0.05, 0) is 47.5 Å². The average molecular weight is 246 g/mol. The molecule has 0 unspecified atom stereocenters. The third-order valence-electron chi connectivity index (χ3n) is 2.88. The number of benzene rings is 1. The molecule has 0 amide bonds. The van der Waals surface area contributed by atoms with Crippen molar-refractivity contribution >= 4 is 0 Å². The summed E-state index contributed by atoms with van der Waals surface area (Å²) in [4.78, 5) is 0. The van der Waals surface area contributed by atoms with Gasteiger partial charge in [-0.15, -0.1) is 5.10 Å². The fourth-order valence-corrected chi connectivity index (χ4v) is 1.73. The zero-order chi connectivity index (χ0) is 12.4. The first-order chi connectivity index (χ1) is 8.86. The molecule has 0 N–H and O–H groups in total. The molecule has 18 heavy (non-hydrogen) atoms. The van der Waals surface area contributed by atoms with Gasteiger partial charge in [0.15, 0.2) is 5.82 Å². The van der Waals surface area contributed by atoms with Crippen molar-refractivity contribution in [2.75, 3.05) is 7.11 Å². The Labute approximate surface area is 105 Å². The number of methoxy groups -OCH3 is 1. The van der Waals surface area contributed by atoms with Crippen LogP contribution in [0.1, 0.15) is 24.7 Å². The van der Waals surface area contributed by atoms with E-state index in [0.29, 0.717) is 12.6 Å². The van der Waals surface area contributed by atoms with E-state index in [0.717, 1.165) is 30.2 Å². The summed E-state index contributed by atoms with van der Waals surface area (Å²) >= 11 is 0. The average Bonchev–Trinajstić information content (AvgIpc) is 3.16. The summed E-state index contributed by atoms with van der Waals surface area (Å²) in [6.45, 7) is 0.385. The van der Waals surface area contributed by atoms with Crippen LogP contribution in [0.25, 0.3) is 0 Å². The second-order valence-electron chi connectivity index (χ2n) is 4.24. The molecule has 1 aromatic heterocycles. The standard InChI is InChI=1S/C12H14N4O2/c1-17-10-4-6-11(7-5-10)18-8-12-13-14-15-16(12)9-2-3-9/h4-7,9H,2-3,8H2,1H3. The van der Waals surface area contributed by atoms with E-state index in [1.165, 1.54) is 0 Å². The molecule has 0 aliphatic heterocycles. The molecule has 0 saturated heterocycles. The predicted molar refractivity (Wildman–Crippen MR) is 63.4 cm³/mol. The first-order valence-corrected chi connectivity index (χ1v) is 5.90. The summed E-state index contributed by atoms with van der Waals surface area (Å²) in [6.07, 6.45) is 2.31. The molecular formula is C12H14N4O2. The molecule has 0 atom stereocenters. The van der Waals surface area contributed by atoms with Crippen molar-refractivity contribution in [2.24, 2.45) is 0 Å². The topological polar surface area (TPSA) is 62.1 Å². The number of hydrogen-bond acceptors (Lipinski definition) is 5. The van der Waals surface area contributed by atoms with Gasteiger partial charge < -0.3 is 9.47 Å². The zero-order valence-electron chi connectivity index (χ0n) is 10.1. The summed E-state index contributed by atoms with van der Waals surface area (Å²) in [5.74, 6) is 2.36. The predicted octanol–water partition coefficient (Wildman–Crippen LogP) is 1.60. The normalized spacial score (nSPS) is 14.5. The van der Waals surface area contributed by atoms with E-state index in [4.69, 9.17) is 9.47 Å². The van der Waals surface area contributed by atoms with Gasteiger partial charge in [0.05, 0.1) is 13.2 Å². The van der Waals surface area contributed by atoms with Crippen molar-refractivity contribution in [1.82, 2.24) is 20.2 Å². The van der Waals surface area contributed by atoms with Crippen molar-refractivity contribution in [3.05, 3.63) is 30.1 Å². The molecule has 94 valence electrons. The third-order valence-corrected chi connectivity index (χ3v) is 2.88. The SMILES string of the molecule is COc1ccc(OCc2nnnn2C2CC2)cc1. The second-order valence-corrected chi connectivity index (χ2v) is 4.24. The largest absolute Gasteiger partial charge is 0.497 e. The molecule has 1 saturated carbocycles. The van der Waals surface area contributed by atoms with Gasteiger partial charge in [-0.2, -0.15) is 0 Å². The first-order valence-electron chi connectivity index (χ1n) is 5.90. The zero-order valence-corrected chi connectivity index (χ0v) is 10.1. The molecule has 0 bridgehead atoms. The Hall–Kier alpha value is -2.11. The second kappa shape index (κ2) is 4.64. The minimum Gasteiger partial charge on any atom is -0.497 e. The highest BCUT2D eigenvalue weighted by molar-refractivity contribution is 5.31. The summed E-state index contributed by atoms with van der Waals surface area (Å²) < 4.78 is 12.6. The lowest BCUT2D eigenvalue weighted by Crippen LogP contribution is -2.07. The van der Waals surface area contributed by atoms with E-state index < -0.39 is 0 Å². The quantitative estimate of drug-likeness (QED) is 0.801. The number of nitrogens with zero attached hydrogens (tertiary/aromatic N) is 4. The Kier molecular flexibility index (Phi) is 2.84. The highest BCUT2D eigenvalue weighted by Gasteiger charge is 2.27. The molecule has 6 heteroatoms. The third kappa shape index (κ3) is 2.27. The Morgan fingerprint density at radius 2 is 1.94 bits per heavy atom. The molecule has 0 radical (unpaired) electrons. The monoisotopic (exact) mass is 246 g/mol. The minimum atomic E-state index is 0.385. The fourth-order valence-electron chi connectivity index (χ4n) is 1.73. The highest BCUT2D eigenvalue weighted by atomic mass is 16.5. The molecule has 1 aliphatic carbocycles. The van der Waals surface area contributed by atoms with Gasteiger partial charge in [-0.1, -0.05) is 0 Å². The van der Waals surface area contributed by atoms with Crippen LogP contribution in [0.2, 0.25) is 0 Å². The molecule has 3 rings (SSSR count). The van der Waals surface area contributed by atoms with Gasteiger partial charge >= 0.3 is 0 Å². The number of aromatic nitrogens is 4. The molecule has 1 aliphatic rings. The Bertz CT molecular complexity index is 519. The molecule has 2 aromatic rings. The molecule has 1 heterocycles. The van der Waals surface area contributed by atoms with Crippen LogP contribution in [-0.2, 0) is 6.61 Å². The molecule has 0 spiro atoms. The van der Waals surface area contributed by atoms with Gasteiger partial charge in [0.2, 0.25) is 0 Å². The van der Waals surface area contributed by atoms with E-state index in [2.05, 4.69) is 15.5 Å².